The lowest BCUT2D eigenvalue weighted by atomic mass is 10.1. The predicted octanol–water partition coefficient (Wildman–Crippen LogP) is 2.88. The van der Waals surface area contributed by atoms with E-state index in [1.807, 2.05) is 13.8 Å². The standard InChI is InChI=1S/C17H26F3N3O/c1-3-22(4-2)11-12-23(10-9-17(18,19)20)16(24)15-7-5-14(13-21)6-8-15/h5-8H,3-4,9-13,21H2,1-2H3. The normalized spacial score (nSPS) is 11.8. The molecule has 24 heavy (non-hydrogen) atoms. The van der Waals surface area contributed by atoms with Crippen molar-refractivity contribution in [1.82, 2.24) is 9.80 Å². The molecular weight excluding hydrogens is 319 g/mol. The molecule has 0 aliphatic heterocycles. The second-order valence-electron chi connectivity index (χ2n) is 5.59. The Morgan fingerprint density at radius 3 is 2.08 bits per heavy atom. The molecule has 0 bridgehead atoms. The largest absolute Gasteiger partial charge is 0.390 e. The third kappa shape index (κ3) is 6.88. The number of hydrogen-bond donors (Lipinski definition) is 1. The first-order valence-corrected chi connectivity index (χ1v) is 8.18. The highest BCUT2D eigenvalue weighted by atomic mass is 19.4. The molecule has 0 aliphatic carbocycles. The van der Waals surface area contributed by atoms with E-state index in [1.165, 1.54) is 4.90 Å². The number of alkyl halides is 3. The summed E-state index contributed by atoms with van der Waals surface area (Å²) in [5, 5.41) is 0. The second kappa shape index (κ2) is 9.64. The topological polar surface area (TPSA) is 49.6 Å². The molecule has 136 valence electrons. The number of nitrogens with zero attached hydrogens (tertiary/aromatic N) is 2. The van der Waals surface area contributed by atoms with Crippen LogP contribution < -0.4 is 5.73 Å². The molecule has 7 heteroatoms. The summed E-state index contributed by atoms with van der Waals surface area (Å²) in [5.41, 5.74) is 6.77. The number of carbonyl (C=O) groups excluding carboxylic acids is 1. The van der Waals surface area contributed by atoms with Gasteiger partial charge in [-0.2, -0.15) is 13.2 Å². The molecule has 4 nitrogen and oxygen atoms in total. The molecule has 0 saturated carbocycles. The van der Waals surface area contributed by atoms with Crippen molar-refractivity contribution in [3.05, 3.63) is 35.4 Å². The van der Waals surface area contributed by atoms with Gasteiger partial charge in [-0.15, -0.1) is 0 Å². The minimum atomic E-state index is -4.28. The number of hydrogen-bond acceptors (Lipinski definition) is 3. The van der Waals surface area contributed by atoms with E-state index in [2.05, 4.69) is 4.90 Å². The van der Waals surface area contributed by atoms with Crippen molar-refractivity contribution in [2.75, 3.05) is 32.7 Å². The zero-order chi connectivity index (χ0) is 18.2. The van der Waals surface area contributed by atoms with E-state index in [9.17, 15) is 18.0 Å². The highest BCUT2D eigenvalue weighted by Gasteiger charge is 2.29. The van der Waals surface area contributed by atoms with Crippen LogP contribution in [0.5, 0.6) is 0 Å². The lowest BCUT2D eigenvalue weighted by Crippen LogP contribution is -2.40. The Morgan fingerprint density at radius 2 is 1.62 bits per heavy atom. The molecule has 0 atom stereocenters. The molecule has 1 aromatic carbocycles. The number of nitrogens with two attached hydrogens (primary N) is 1. The summed E-state index contributed by atoms with van der Waals surface area (Å²) in [6.45, 7) is 6.41. The molecule has 0 spiro atoms. The first-order chi connectivity index (χ1) is 11.3. The second-order valence-corrected chi connectivity index (χ2v) is 5.59. The number of amides is 1. The average Bonchev–Trinajstić information content (AvgIpc) is 2.57. The number of halogens is 3. The maximum atomic E-state index is 12.6. The third-order valence-electron chi connectivity index (χ3n) is 3.97. The summed E-state index contributed by atoms with van der Waals surface area (Å²) in [7, 11) is 0. The van der Waals surface area contributed by atoms with Gasteiger partial charge in [0.05, 0.1) is 6.42 Å². The summed E-state index contributed by atoms with van der Waals surface area (Å²) >= 11 is 0. The number of benzene rings is 1. The van der Waals surface area contributed by atoms with Gasteiger partial charge in [-0.1, -0.05) is 26.0 Å². The van der Waals surface area contributed by atoms with Crippen LogP contribution in [0.3, 0.4) is 0 Å². The highest BCUT2D eigenvalue weighted by Crippen LogP contribution is 2.20. The van der Waals surface area contributed by atoms with Crippen LogP contribution in [0.4, 0.5) is 13.2 Å². The fourth-order valence-electron chi connectivity index (χ4n) is 2.34. The van der Waals surface area contributed by atoms with E-state index in [-0.39, 0.29) is 19.0 Å². The molecule has 0 fully saturated rings. The number of carbonyl (C=O) groups is 1. The summed E-state index contributed by atoms with van der Waals surface area (Å²) in [6, 6.07) is 6.67. The number of likely N-dealkylation sites (N-methyl/N-ethyl adjacent to an activating group) is 1. The molecule has 1 amide bonds. The van der Waals surface area contributed by atoms with E-state index < -0.39 is 12.6 Å². The van der Waals surface area contributed by atoms with Gasteiger partial charge in [0.2, 0.25) is 0 Å². The molecule has 0 radical (unpaired) electrons. The van der Waals surface area contributed by atoms with E-state index in [0.717, 1.165) is 18.7 Å². The van der Waals surface area contributed by atoms with Crippen LogP contribution in [0, 0.1) is 0 Å². The maximum absolute atomic E-state index is 12.6. The molecule has 0 saturated heterocycles. The summed E-state index contributed by atoms with van der Waals surface area (Å²) in [6.07, 6.45) is -5.28. The number of rotatable bonds is 9. The van der Waals surface area contributed by atoms with Gasteiger partial charge in [-0.05, 0) is 30.8 Å². The van der Waals surface area contributed by atoms with E-state index in [4.69, 9.17) is 5.73 Å². The van der Waals surface area contributed by atoms with E-state index in [0.29, 0.717) is 18.7 Å². The lowest BCUT2D eigenvalue weighted by molar-refractivity contribution is -0.136. The average molecular weight is 345 g/mol. The van der Waals surface area contributed by atoms with Crippen LogP contribution in [0.25, 0.3) is 0 Å². The third-order valence-corrected chi connectivity index (χ3v) is 3.97. The van der Waals surface area contributed by atoms with Gasteiger partial charge < -0.3 is 15.5 Å². The Morgan fingerprint density at radius 1 is 1.04 bits per heavy atom. The van der Waals surface area contributed by atoms with Gasteiger partial charge in [-0.3, -0.25) is 4.79 Å². The Hall–Kier alpha value is -1.60. The summed E-state index contributed by atoms with van der Waals surface area (Å²) in [5.74, 6) is -0.380. The van der Waals surface area contributed by atoms with Crippen LogP contribution in [0.15, 0.2) is 24.3 Å². The van der Waals surface area contributed by atoms with Gasteiger partial charge >= 0.3 is 6.18 Å². The lowest BCUT2D eigenvalue weighted by Gasteiger charge is -2.27. The molecular formula is C17H26F3N3O. The fraction of sp³-hybridized carbons (Fsp3) is 0.588. The van der Waals surface area contributed by atoms with Crippen molar-refractivity contribution < 1.29 is 18.0 Å². The van der Waals surface area contributed by atoms with Gasteiger partial charge in [-0.25, -0.2) is 0 Å². The Bertz CT molecular complexity index is 499. The Kier molecular flexibility index (Phi) is 8.21. The van der Waals surface area contributed by atoms with Crippen molar-refractivity contribution in [1.29, 1.82) is 0 Å². The monoisotopic (exact) mass is 345 g/mol. The van der Waals surface area contributed by atoms with E-state index >= 15 is 0 Å². The fourth-order valence-corrected chi connectivity index (χ4v) is 2.34. The summed E-state index contributed by atoms with van der Waals surface area (Å²) < 4.78 is 37.6. The van der Waals surface area contributed by atoms with Crippen LogP contribution >= 0.6 is 0 Å². The predicted molar refractivity (Wildman–Crippen MR) is 88.7 cm³/mol. The smallest absolute Gasteiger partial charge is 0.337 e. The SMILES string of the molecule is CCN(CC)CCN(CCC(F)(F)F)C(=O)c1ccc(CN)cc1. The van der Waals surface area contributed by atoms with Gasteiger partial charge in [0.1, 0.15) is 0 Å². The molecule has 0 aromatic heterocycles. The first kappa shape index (κ1) is 20.4. The van der Waals surface area contributed by atoms with Crippen LogP contribution in [-0.2, 0) is 6.54 Å². The first-order valence-electron chi connectivity index (χ1n) is 8.18. The zero-order valence-electron chi connectivity index (χ0n) is 14.3. The Labute approximate surface area is 141 Å². The highest BCUT2D eigenvalue weighted by molar-refractivity contribution is 5.94. The van der Waals surface area contributed by atoms with Crippen molar-refractivity contribution in [3.8, 4) is 0 Å². The minimum absolute atomic E-state index is 0.273. The van der Waals surface area contributed by atoms with Gasteiger partial charge in [0.25, 0.3) is 5.91 Å². The molecule has 0 heterocycles. The quantitative estimate of drug-likeness (QED) is 0.749. The zero-order valence-corrected chi connectivity index (χ0v) is 14.3. The van der Waals surface area contributed by atoms with Crippen LogP contribution in [-0.4, -0.2) is 54.6 Å². The van der Waals surface area contributed by atoms with Crippen molar-refractivity contribution in [3.63, 3.8) is 0 Å². The molecule has 0 aliphatic rings. The van der Waals surface area contributed by atoms with Gasteiger partial charge in [0, 0.05) is 31.7 Å². The minimum Gasteiger partial charge on any atom is -0.337 e. The molecule has 1 rings (SSSR count). The van der Waals surface area contributed by atoms with Crippen molar-refractivity contribution >= 4 is 5.91 Å². The molecule has 2 N–H and O–H groups in total. The summed E-state index contributed by atoms with van der Waals surface area (Å²) in [4.78, 5) is 15.9. The van der Waals surface area contributed by atoms with Crippen molar-refractivity contribution in [2.24, 2.45) is 5.73 Å². The van der Waals surface area contributed by atoms with Crippen LogP contribution in [0.1, 0.15) is 36.2 Å². The molecule has 1 aromatic rings. The van der Waals surface area contributed by atoms with Gasteiger partial charge in [0.15, 0.2) is 0 Å². The molecule has 0 unspecified atom stereocenters. The Balaban J connectivity index is 2.82. The van der Waals surface area contributed by atoms with Crippen molar-refractivity contribution in [2.45, 2.75) is 33.0 Å². The van der Waals surface area contributed by atoms with Crippen LogP contribution in [0.2, 0.25) is 0 Å². The maximum Gasteiger partial charge on any atom is 0.390 e. The van der Waals surface area contributed by atoms with E-state index in [1.54, 1.807) is 24.3 Å².